The van der Waals surface area contributed by atoms with Crippen LogP contribution in [-0.2, 0) is 4.79 Å². The second kappa shape index (κ2) is 6.19. The highest BCUT2D eigenvalue weighted by molar-refractivity contribution is 6.53. The third-order valence-corrected chi connectivity index (χ3v) is 5.43. The average molecular weight is 416 g/mol. The molecule has 0 atom stereocenters. The van der Waals surface area contributed by atoms with Crippen LogP contribution >= 0.6 is 23.2 Å². The third kappa shape index (κ3) is 2.74. The zero-order chi connectivity index (χ0) is 20.4. The monoisotopic (exact) mass is 415 g/mol. The molecule has 0 aliphatic carbocycles. The van der Waals surface area contributed by atoms with E-state index in [1.54, 1.807) is 6.07 Å². The Balaban J connectivity index is 1.79. The minimum absolute atomic E-state index is 0.151. The van der Waals surface area contributed by atoms with E-state index in [-0.39, 0.29) is 21.9 Å². The number of ketones is 1. The van der Waals surface area contributed by atoms with Gasteiger partial charge in [0.1, 0.15) is 5.75 Å². The SMILES string of the molecule is CC1=CC(C)(C)N2C(=O)C(=O)c3cc(OC(=O)c4ccc(Cl)cc4Cl)cc1c32. The van der Waals surface area contributed by atoms with Crippen molar-refractivity contribution < 1.29 is 19.1 Å². The standard InChI is InChI=1S/C21H15Cl2NO4/c1-10-9-21(2,3)24-17-14(10)7-12(8-15(17)18(25)19(24)26)28-20(27)13-5-4-11(22)6-16(13)23/h4-9H,1-3H3. The van der Waals surface area contributed by atoms with Crippen molar-refractivity contribution in [2.45, 2.75) is 26.3 Å². The van der Waals surface area contributed by atoms with Crippen LogP contribution in [0.5, 0.6) is 5.75 Å². The molecule has 2 aromatic rings. The van der Waals surface area contributed by atoms with Crippen LogP contribution in [0, 0.1) is 0 Å². The first-order valence-corrected chi connectivity index (χ1v) is 9.30. The number of carbonyl (C=O) groups is 3. The number of nitrogens with zero attached hydrogens (tertiary/aromatic N) is 1. The number of carbonyl (C=O) groups excluding carboxylic acids is 3. The maximum atomic E-state index is 12.5. The summed E-state index contributed by atoms with van der Waals surface area (Å²) >= 11 is 11.9. The van der Waals surface area contributed by atoms with Crippen LogP contribution in [0.1, 0.15) is 47.1 Å². The number of benzene rings is 2. The molecule has 0 N–H and O–H groups in total. The molecule has 5 nitrogen and oxygen atoms in total. The minimum Gasteiger partial charge on any atom is -0.423 e. The van der Waals surface area contributed by atoms with Crippen LogP contribution in [0.4, 0.5) is 5.69 Å². The van der Waals surface area contributed by atoms with Gasteiger partial charge in [-0.1, -0.05) is 29.3 Å². The number of hydrogen-bond donors (Lipinski definition) is 0. The summed E-state index contributed by atoms with van der Waals surface area (Å²) in [6.45, 7) is 5.63. The van der Waals surface area contributed by atoms with Gasteiger partial charge in [0.2, 0.25) is 0 Å². The first-order valence-electron chi connectivity index (χ1n) is 8.54. The fraction of sp³-hybridized carbons (Fsp3) is 0.190. The molecule has 2 aliphatic heterocycles. The quantitative estimate of drug-likeness (QED) is 0.395. The number of Topliss-reactive ketones (excluding diaryl/α,β-unsaturated/α-hetero) is 1. The summed E-state index contributed by atoms with van der Waals surface area (Å²) in [4.78, 5) is 39.1. The van der Waals surface area contributed by atoms with Crippen molar-refractivity contribution in [1.29, 1.82) is 0 Å². The molecular formula is C21H15Cl2NO4. The summed E-state index contributed by atoms with van der Waals surface area (Å²) in [7, 11) is 0. The molecule has 0 spiro atoms. The Labute approximate surface area is 171 Å². The average Bonchev–Trinajstić information content (AvgIpc) is 2.85. The van der Waals surface area contributed by atoms with Crippen molar-refractivity contribution >= 4 is 52.1 Å². The van der Waals surface area contributed by atoms with Gasteiger partial charge in [0.05, 0.1) is 27.4 Å². The predicted octanol–water partition coefficient (Wildman–Crippen LogP) is 4.94. The van der Waals surface area contributed by atoms with Crippen molar-refractivity contribution in [3.63, 3.8) is 0 Å². The van der Waals surface area contributed by atoms with Gasteiger partial charge in [0.25, 0.3) is 11.7 Å². The molecule has 2 aliphatic rings. The molecule has 0 unspecified atom stereocenters. The van der Waals surface area contributed by atoms with Crippen LogP contribution in [0.3, 0.4) is 0 Å². The normalized spacial score (nSPS) is 16.8. The Kier molecular flexibility index (Phi) is 4.14. The van der Waals surface area contributed by atoms with Gasteiger partial charge in [-0.05, 0) is 56.7 Å². The second-order valence-corrected chi connectivity index (χ2v) is 8.18. The molecule has 4 rings (SSSR count). The number of amides is 1. The lowest BCUT2D eigenvalue weighted by Crippen LogP contribution is -2.47. The Morgan fingerprint density at radius 2 is 1.75 bits per heavy atom. The van der Waals surface area contributed by atoms with Gasteiger partial charge in [-0.15, -0.1) is 0 Å². The van der Waals surface area contributed by atoms with E-state index in [0.717, 1.165) is 5.57 Å². The lowest BCUT2D eigenvalue weighted by atomic mass is 9.89. The molecular weight excluding hydrogens is 401 g/mol. The summed E-state index contributed by atoms with van der Waals surface area (Å²) in [5.41, 5.74) is 1.89. The van der Waals surface area contributed by atoms with E-state index in [1.165, 1.54) is 29.2 Å². The molecule has 1 amide bonds. The first-order chi connectivity index (χ1) is 13.1. The van der Waals surface area contributed by atoms with Crippen molar-refractivity contribution in [1.82, 2.24) is 0 Å². The number of hydrogen-bond acceptors (Lipinski definition) is 4. The number of anilines is 1. The molecule has 0 saturated carbocycles. The highest BCUT2D eigenvalue weighted by Crippen LogP contribution is 2.46. The van der Waals surface area contributed by atoms with Crippen LogP contribution in [-0.4, -0.2) is 23.2 Å². The van der Waals surface area contributed by atoms with E-state index < -0.39 is 23.2 Å². The fourth-order valence-electron chi connectivity index (χ4n) is 3.74. The Hall–Kier alpha value is -2.63. The maximum Gasteiger partial charge on any atom is 0.345 e. The largest absolute Gasteiger partial charge is 0.423 e. The first kappa shape index (κ1) is 18.7. The van der Waals surface area contributed by atoms with Gasteiger partial charge < -0.3 is 4.74 Å². The summed E-state index contributed by atoms with van der Waals surface area (Å²) in [6, 6.07) is 7.52. The molecule has 0 saturated heterocycles. The lowest BCUT2D eigenvalue weighted by Gasteiger charge is -2.38. The van der Waals surface area contributed by atoms with Gasteiger partial charge >= 0.3 is 5.97 Å². The fourth-order valence-corrected chi connectivity index (χ4v) is 4.22. The van der Waals surface area contributed by atoms with Crippen LogP contribution < -0.4 is 9.64 Å². The van der Waals surface area contributed by atoms with E-state index in [4.69, 9.17) is 27.9 Å². The smallest absolute Gasteiger partial charge is 0.345 e. The molecule has 28 heavy (non-hydrogen) atoms. The number of rotatable bonds is 2. The zero-order valence-corrected chi connectivity index (χ0v) is 16.8. The molecule has 0 radical (unpaired) electrons. The molecule has 0 fully saturated rings. The molecule has 2 heterocycles. The minimum atomic E-state index is -0.680. The van der Waals surface area contributed by atoms with E-state index in [2.05, 4.69) is 0 Å². The molecule has 2 aromatic carbocycles. The molecule has 0 aromatic heterocycles. The Morgan fingerprint density at radius 3 is 2.43 bits per heavy atom. The molecule has 7 heteroatoms. The van der Waals surface area contributed by atoms with Crippen LogP contribution in [0.2, 0.25) is 10.0 Å². The van der Waals surface area contributed by atoms with Crippen molar-refractivity contribution in [3.05, 3.63) is 63.1 Å². The van der Waals surface area contributed by atoms with E-state index >= 15 is 0 Å². The van der Waals surface area contributed by atoms with Gasteiger partial charge in [-0.3, -0.25) is 14.5 Å². The summed E-state index contributed by atoms with van der Waals surface area (Å²) in [5.74, 6) is -1.72. The number of halogens is 2. The van der Waals surface area contributed by atoms with Gasteiger partial charge in [-0.2, -0.15) is 0 Å². The predicted molar refractivity (Wildman–Crippen MR) is 107 cm³/mol. The Bertz CT molecular complexity index is 1120. The third-order valence-electron chi connectivity index (χ3n) is 4.88. The van der Waals surface area contributed by atoms with Gasteiger partial charge in [0.15, 0.2) is 0 Å². The maximum absolute atomic E-state index is 12.5. The van der Waals surface area contributed by atoms with Crippen molar-refractivity contribution in [2.75, 3.05) is 4.90 Å². The number of allylic oxidation sites excluding steroid dienone is 1. The van der Waals surface area contributed by atoms with E-state index in [1.807, 2.05) is 26.8 Å². The summed E-state index contributed by atoms with van der Waals surface area (Å²) in [6.07, 6.45) is 1.91. The topological polar surface area (TPSA) is 63.7 Å². The lowest BCUT2D eigenvalue weighted by molar-refractivity contribution is -0.115. The highest BCUT2D eigenvalue weighted by Gasteiger charge is 2.47. The number of esters is 1. The summed E-state index contributed by atoms with van der Waals surface area (Å²) < 4.78 is 5.46. The molecule has 0 bridgehead atoms. The van der Waals surface area contributed by atoms with Gasteiger partial charge in [0, 0.05) is 10.6 Å². The van der Waals surface area contributed by atoms with E-state index in [9.17, 15) is 14.4 Å². The molecule has 142 valence electrons. The Morgan fingerprint density at radius 1 is 1.07 bits per heavy atom. The van der Waals surface area contributed by atoms with Crippen LogP contribution in [0.15, 0.2) is 36.4 Å². The van der Waals surface area contributed by atoms with Crippen LogP contribution in [0.25, 0.3) is 5.57 Å². The summed E-state index contributed by atoms with van der Waals surface area (Å²) in [5, 5.41) is 0.561. The highest BCUT2D eigenvalue weighted by atomic mass is 35.5. The van der Waals surface area contributed by atoms with Crippen molar-refractivity contribution in [2.24, 2.45) is 0 Å². The van der Waals surface area contributed by atoms with Gasteiger partial charge in [-0.25, -0.2) is 4.79 Å². The van der Waals surface area contributed by atoms with E-state index in [0.29, 0.717) is 16.3 Å². The second-order valence-electron chi connectivity index (χ2n) is 7.33. The zero-order valence-electron chi connectivity index (χ0n) is 15.3. The number of ether oxygens (including phenoxy) is 1. The van der Waals surface area contributed by atoms with Crippen molar-refractivity contribution in [3.8, 4) is 5.75 Å².